The van der Waals surface area contributed by atoms with Crippen molar-refractivity contribution in [1.29, 1.82) is 0 Å². The average molecular weight is 164 g/mol. The minimum Gasteiger partial charge on any atom is -0.0990 e. The Kier molecular flexibility index (Phi) is 11.2. The molecule has 68 valence electrons. The first-order valence-electron chi connectivity index (χ1n) is 4.33. The second-order valence-corrected chi connectivity index (χ2v) is 2.14. The third kappa shape index (κ3) is 7.07. The van der Waals surface area contributed by atoms with E-state index in [4.69, 9.17) is 0 Å². The third-order valence-corrected chi connectivity index (χ3v) is 1.14. The molecule has 0 saturated carbocycles. The summed E-state index contributed by atoms with van der Waals surface area (Å²) in [5.74, 6) is 0. The van der Waals surface area contributed by atoms with Crippen molar-refractivity contribution in [2.75, 3.05) is 0 Å². The molecule has 0 spiro atoms. The van der Waals surface area contributed by atoms with Crippen LogP contribution < -0.4 is 0 Å². The van der Waals surface area contributed by atoms with Gasteiger partial charge in [-0.1, -0.05) is 56.9 Å². The quantitative estimate of drug-likeness (QED) is 0.546. The molecule has 0 aromatic heterocycles. The van der Waals surface area contributed by atoms with E-state index in [2.05, 4.69) is 13.2 Å². The minimum atomic E-state index is 1.07. The zero-order valence-corrected chi connectivity index (χ0v) is 8.72. The SMILES string of the molecule is C=C/C=C(\C=C/C)C(=C)C.CC. The molecule has 0 aliphatic carbocycles. The van der Waals surface area contributed by atoms with Crippen LogP contribution in [0.1, 0.15) is 27.7 Å². The van der Waals surface area contributed by atoms with Crippen molar-refractivity contribution in [2.45, 2.75) is 27.7 Å². The predicted octanol–water partition coefficient (Wildman–Crippen LogP) is 4.28. The van der Waals surface area contributed by atoms with Gasteiger partial charge in [-0.3, -0.25) is 0 Å². The highest BCUT2D eigenvalue weighted by Crippen LogP contribution is 2.07. The van der Waals surface area contributed by atoms with E-state index >= 15 is 0 Å². The summed E-state index contributed by atoms with van der Waals surface area (Å²) in [5, 5.41) is 0. The van der Waals surface area contributed by atoms with Gasteiger partial charge in [0.1, 0.15) is 0 Å². The number of rotatable bonds is 3. The standard InChI is InChI=1S/C10H14.C2H6/c1-5-7-10(8-6-2)9(3)4;1-2/h5-8H,1,3H2,2,4H3;1-2H3/b8-6-,10-7+;. The molecule has 0 unspecified atom stereocenters. The molecular formula is C12H20. The van der Waals surface area contributed by atoms with Crippen LogP contribution in [0, 0.1) is 0 Å². The van der Waals surface area contributed by atoms with E-state index in [1.165, 1.54) is 0 Å². The van der Waals surface area contributed by atoms with Crippen molar-refractivity contribution >= 4 is 0 Å². The molecule has 0 aliphatic heterocycles. The van der Waals surface area contributed by atoms with Gasteiger partial charge in [0.2, 0.25) is 0 Å². The van der Waals surface area contributed by atoms with Crippen LogP contribution in [-0.2, 0) is 0 Å². The second-order valence-electron chi connectivity index (χ2n) is 2.14. The Balaban J connectivity index is 0. The maximum Gasteiger partial charge on any atom is -0.0237 e. The molecular weight excluding hydrogens is 144 g/mol. The van der Waals surface area contributed by atoms with Gasteiger partial charge in [-0.25, -0.2) is 0 Å². The van der Waals surface area contributed by atoms with Crippen LogP contribution in [0.4, 0.5) is 0 Å². The lowest BCUT2D eigenvalue weighted by Gasteiger charge is -1.96. The lowest BCUT2D eigenvalue weighted by molar-refractivity contribution is 1.44. The molecule has 0 aromatic rings. The van der Waals surface area contributed by atoms with Crippen LogP contribution in [0.2, 0.25) is 0 Å². The van der Waals surface area contributed by atoms with Crippen molar-refractivity contribution in [2.24, 2.45) is 0 Å². The largest absolute Gasteiger partial charge is 0.0990 e. The molecule has 0 N–H and O–H groups in total. The fraction of sp³-hybridized carbons (Fsp3) is 0.333. The maximum atomic E-state index is 3.83. The normalized spacial score (nSPS) is 10.5. The Hall–Kier alpha value is -1.04. The minimum absolute atomic E-state index is 1.07. The summed E-state index contributed by atoms with van der Waals surface area (Å²) in [4.78, 5) is 0. The van der Waals surface area contributed by atoms with Crippen molar-refractivity contribution in [3.05, 3.63) is 48.6 Å². The summed E-state index contributed by atoms with van der Waals surface area (Å²) in [6.07, 6.45) is 7.72. The van der Waals surface area contributed by atoms with E-state index in [1.54, 1.807) is 6.08 Å². The molecule has 0 radical (unpaired) electrons. The zero-order chi connectivity index (χ0) is 9.98. The topological polar surface area (TPSA) is 0 Å². The fourth-order valence-corrected chi connectivity index (χ4v) is 0.647. The van der Waals surface area contributed by atoms with E-state index in [0.717, 1.165) is 11.1 Å². The van der Waals surface area contributed by atoms with Gasteiger partial charge in [0.25, 0.3) is 0 Å². The number of hydrogen-bond acceptors (Lipinski definition) is 0. The van der Waals surface area contributed by atoms with Gasteiger partial charge in [0, 0.05) is 0 Å². The van der Waals surface area contributed by atoms with Crippen molar-refractivity contribution in [1.82, 2.24) is 0 Å². The molecule has 0 amide bonds. The highest BCUT2D eigenvalue weighted by molar-refractivity contribution is 5.38. The van der Waals surface area contributed by atoms with Crippen molar-refractivity contribution in [3.8, 4) is 0 Å². The molecule has 0 rings (SSSR count). The Bertz CT molecular complexity index is 180. The summed E-state index contributed by atoms with van der Waals surface area (Å²) in [6.45, 7) is 15.4. The van der Waals surface area contributed by atoms with Crippen LogP contribution in [0.25, 0.3) is 0 Å². The van der Waals surface area contributed by atoms with E-state index < -0.39 is 0 Å². The first-order valence-corrected chi connectivity index (χ1v) is 4.33. The maximum absolute atomic E-state index is 3.83. The molecule has 0 bridgehead atoms. The number of hydrogen-bond donors (Lipinski definition) is 0. The zero-order valence-electron chi connectivity index (χ0n) is 8.72. The van der Waals surface area contributed by atoms with Crippen LogP contribution >= 0.6 is 0 Å². The van der Waals surface area contributed by atoms with Crippen LogP contribution in [0.3, 0.4) is 0 Å². The highest BCUT2D eigenvalue weighted by Gasteiger charge is 1.87. The first-order chi connectivity index (χ1) is 5.72. The van der Waals surface area contributed by atoms with Gasteiger partial charge in [-0.15, -0.1) is 0 Å². The molecule has 0 fully saturated rings. The smallest absolute Gasteiger partial charge is 0.0237 e. The highest BCUT2D eigenvalue weighted by atomic mass is 13.9. The molecule has 0 heteroatoms. The van der Waals surface area contributed by atoms with Crippen molar-refractivity contribution < 1.29 is 0 Å². The van der Waals surface area contributed by atoms with Crippen LogP contribution in [-0.4, -0.2) is 0 Å². The Labute approximate surface area is 77.0 Å². The lowest BCUT2D eigenvalue weighted by atomic mass is 10.1. The third-order valence-electron chi connectivity index (χ3n) is 1.14. The van der Waals surface area contributed by atoms with Crippen LogP contribution in [0.15, 0.2) is 48.6 Å². The molecule has 0 aromatic carbocycles. The van der Waals surface area contributed by atoms with E-state index in [9.17, 15) is 0 Å². The number of allylic oxidation sites excluding steroid dienone is 6. The van der Waals surface area contributed by atoms with Gasteiger partial charge < -0.3 is 0 Å². The van der Waals surface area contributed by atoms with Crippen LogP contribution in [0.5, 0.6) is 0 Å². The van der Waals surface area contributed by atoms with Gasteiger partial charge >= 0.3 is 0 Å². The van der Waals surface area contributed by atoms with E-state index in [1.807, 2.05) is 45.9 Å². The Morgan fingerprint density at radius 3 is 2.00 bits per heavy atom. The Morgan fingerprint density at radius 2 is 1.75 bits per heavy atom. The molecule has 0 atom stereocenters. The van der Waals surface area contributed by atoms with Gasteiger partial charge in [0.05, 0.1) is 0 Å². The second kappa shape index (κ2) is 9.96. The summed E-state index contributed by atoms with van der Waals surface area (Å²) >= 11 is 0. The lowest BCUT2D eigenvalue weighted by Crippen LogP contribution is -1.76. The van der Waals surface area contributed by atoms with Gasteiger partial charge in [0.15, 0.2) is 0 Å². The molecule has 0 heterocycles. The average Bonchev–Trinajstić information content (AvgIpc) is 2.08. The predicted molar refractivity (Wildman–Crippen MR) is 59.3 cm³/mol. The summed E-state index contributed by atoms with van der Waals surface area (Å²) in [7, 11) is 0. The summed E-state index contributed by atoms with van der Waals surface area (Å²) < 4.78 is 0. The molecule has 0 saturated heterocycles. The first kappa shape index (κ1) is 13.5. The van der Waals surface area contributed by atoms with E-state index in [0.29, 0.717) is 0 Å². The molecule has 0 aliphatic rings. The monoisotopic (exact) mass is 164 g/mol. The summed E-state index contributed by atoms with van der Waals surface area (Å²) in [5.41, 5.74) is 2.20. The van der Waals surface area contributed by atoms with Gasteiger partial charge in [-0.05, 0) is 19.4 Å². The fourth-order valence-electron chi connectivity index (χ4n) is 0.647. The van der Waals surface area contributed by atoms with Crippen molar-refractivity contribution in [3.63, 3.8) is 0 Å². The summed E-state index contributed by atoms with van der Waals surface area (Å²) in [6, 6.07) is 0. The molecule has 12 heavy (non-hydrogen) atoms. The van der Waals surface area contributed by atoms with E-state index in [-0.39, 0.29) is 0 Å². The van der Waals surface area contributed by atoms with Gasteiger partial charge in [-0.2, -0.15) is 0 Å². The Morgan fingerprint density at radius 1 is 1.25 bits per heavy atom. The molecule has 0 nitrogen and oxygen atoms in total.